The molecule has 1 atom stereocenters. The highest BCUT2D eigenvalue weighted by Crippen LogP contribution is 2.43. The predicted molar refractivity (Wildman–Crippen MR) is 145 cm³/mol. The average molecular weight is 547 g/mol. The molecule has 0 saturated heterocycles. The summed E-state index contributed by atoms with van der Waals surface area (Å²) in [5, 5.41) is 22.5. The van der Waals surface area contributed by atoms with Crippen molar-refractivity contribution in [2.24, 2.45) is 0 Å². The molecular weight excluding hydrogens is 520 g/mol. The van der Waals surface area contributed by atoms with Gasteiger partial charge in [-0.25, -0.2) is 0 Å². The lowest BCUT2D eigenvalue weighted by Crippen LogP contribution is -2.27. The number of hydrogen-bond donors (Lipinski definition) is 2. The SMILES string of the molecule is CC1(C)C=Cc2c(cc3oc(-c4ccccc4Br)c(CCC(C)(O)c4ccccc4)c(=O)c3c2O)O1. The summed E-state index contributed by atoms with van der Waals surface area (Å²) in [6.45, 7) is 5.57. The highest BCUT2D eigenvalue weighted by molar-refractivity contribution is 9.10. The zero-order valence-corrected chi connectivity index (χ0v) is 21.9. The maximum atomic E-state index is 13.9. The van der Waals surface area contributed by atoms with Gasteiger partial charge < -0.3 is 19.4 Å². The van der Waals surface area contributed by atoms with Gasteiger partial charge in [0.15, 0.2) is 5.43 Å². The van der Waals surface area contributed by atoms with E-state index in [-0.39, 0.29) is 35.0 Å². The van der Waals surface area contributed by atoms with Crippen LogP contribution < -0.4 is 10.2 Å². The van der Waals surface area contributed by atoms with Crippen molar-refractivity contribution in [3.63, 3.8) is 0 Å². The van der Waals surface area contributed by atoms with Gasteiger partial charge in [0.2, 0.25) is 0 Å². The minimum atomic E-state index is -1.16. The molecule has 0 amide bonds. The largest absolute Gasteiger partial charge is 0.506 e. The van der Waals surface area contributed by atoms with Crippen molar-refractivity contribution in [2.45, 2.75) is 44.8 Å². The maximum Gasteiger partial charge on any atom is 0.200 e. The molecule has 0 fully saturated rings. The average Bonchev–Trinajstić information content (AvgIpc) is 2.83. The summed E-state index contributed by atoms with van der Waals surface area (Å²) >= 11 is 3.58. The van der Waals surface area contributed by atoms with Crippen LogP contribution in [0.5, 0.6) is 11.5 Å². The Balaban J connectivity index is 1.70. The Labute approximate surface area is 217 Å². The van der Waals surface area contributed by atoms with Crippen LogP contribution in [0.3, 0.4) is 0 Å². The van der Waals surface area contributed by atoms with Crippen molar-refractivity contribution in [1.82, 2.24) is 0 Å². The van der Waals surface area contributed by atoms with Crippen molar-refractivity contribution in [2.75, 3.05) is 0 Å². The Kier molecular flexibility index (Phi) is 6.05. The smallest absolute Gasteiger partial charge is 0.200 e. The molecule has 0 spiro atoms. The van der Waals surface area contributed by atoms with Crippen LogP contribution in [0.15, 0.2) is 80.4 Å². The molecule has 36 heavy (non-hydrogen) atoms. The minimum absolute atomic E-state index is 0.104. The number of halogens is 1. The van der Waals surface area contributed by atoms with E-state index >= 15 is 0 Å². The molecule has 1 aliphatic rings. The topological polar surface area (TPSA) is 79.9 Å². The first-order valence-electron chi connectivity index (χ1n) is 11.8. The van der Waals surface area contributed by atoms with Gasteiger partial charge >= 0.3 is 0 Å². The zero-order valence-electron chi connectivity index (χ0n) is 20.3. The van der Waals surface area contributed by atoms with Gasteiger partial charge in [-0.05, 0) is 57.4 Å². The highest BCUT2D eigenvalue weighted by atomic mass is 79.9. The van der Waals surface area contributed by atoms with Gasteiger partial charge in [0.25, 0.3) is 0 Å². The number of rotatable bonds is 5. The molecule has 2 heterocycles. The molecule has 2 N–H and O–H groups in total. The van der Waals surface area contributed by atoms with Gasteiger partial charge in [0.05, 0.1) is 11.2 Å². The van der Waals surface area contributed by atoms with Crippen molar-refractivity contribution in [3.8, 4) is 22.8 Å². The van der Waals surface area contributed by atoms with Crippen LogP contribution in [0.25, 0.3) is 28.4 Å². The lowest BCUT2D eigenvalue weighted by atomic mass is 9.88. The van der Waals surface area contributed by atoms with Crippen molar-refractivity contribution in [1.29, 1.82) is 0 Å². The number of hydrogen-bond acceptors (Lipinski definition) is 5. The number of fused-ring (bicyclic) bond motifs is 2. The lowest BCUT2D eigenvalue weighted by molar-refractivity contribution is 0.0480. The Bertz CT molecular complexity index is 1550. The molecule has 5 nitrogen and oxygen atoms in total. The van der Waals surface area contributed by atoms with Gasteiger partial charge in [0.1, 0.15) is 33.8 Å². The van der Waals surface area contributed by atoms with Crippen LogP contribution in [-0.2, 0) is 12.0 Å². The third kappa shape index (κ3) is 4.36. The van der Waals surface area contributed by atoms with Crippen molar-refractivity contribution in [3.05, 3.63) is 98.1 Å². The third-order valence-corrected chi connectivity index (χ3v) is 7.35. The Hall–Kier alpha value is -3.35. The van der Waals surface area contributed by atoms with E-state index in [0.717, 1.165) is 10.0 Å². The lowest BCUT2D eigenvalue weighted by Gasteiger charge is -2.28. The molecule has 0 aliphatic carbocycles. The molecule has 1 aromatic heterocycles. The van der Waals surface area contributed by atoms with Gasteiger partial charge in [-0.3, -0.25) is 4.79 Å². The fourth-order valence-corrected chi connectivity index (χ4v) is 5.07. The first-order valence-corrected chi connectivity index (χ1v) is 12.6. The summed E-state index contributed by atoms with van der Waals surface area (Å²) in [4.78, 5) is 13.9. The third-order valence-electron chi connectivity index (χ3n) is 6.65. The number of aliphatic hydroxyl groups is 1. The Morgan fingerprint density at radius 1 is 1.06 bits per heavy atom. The molecule has 4 aromatic rings. The second-order valence-electron chi connectivity index (χ2n) is 9.91. The number of phenols is 1. The molecule has 3 aromatic carbocycles. The van der Waals surface area contributed by atoms with E-state index in [9.17, 15) is 15.0 Å². The second-order valence-corrected chi connectivity index (χ2v) is 10.8. The van der Waals surface area contributed by atoms with E-state index in [1.54, 1.807) is 19.1 Å². The monoisotopic (exact) mass is 546 g/mol. The molecule has 0 saturated carbocycles. The van der Waals surface area contributed by atoms with Crippen LogP contribution in [0.2, 0.25) is 0 Å². The van der Waals surface area contributed by atoms with Crippen LogP contribution in [0.1, 0.15) is 43.9 Å². The zero-order chi connectivity index (χ0) is 25.7. The first-order chi connectivity index (χ1) is 17.1. The fourth-order valence-electron chi connectivity index (χ4n) is 4.61. The summed E-state index contributed by atoms with van der Waals surface area (Å²) in [7, 11) is 0. The molecule has 5 rings (SSSR count). The molecule has 0 radical (unpaired) electrons. The predicted octanol–water partition coefficient (Wildman–Crippen LogP) is 6.95. The summed E-state index contributed by atoms with van der Waals surface area (Å²) in [5.74, 6) is 0.681. The minimum Gasteiger partial charge on any atom is -0.506 e. The van der Waals surface area contributed by atoms with E-state index < -0.39 is 11.2 Å². The fraction of sp³-hybridized carbons (Fsp3) is 0.233. The van der Waals surface area contributed by atoms with Crippen LogP contribution in [-0.4, -0.2) is 15.8 Å². The normalized spacial score (nSPS) is 15.8. The molecule has 0 bridgehead atoms. The number of benzene rings is 3. The van der Waals surface area contributed by atoms with Crippen LogP contribution >= 0.6 is 15.9 Å². The molecule has 184 valence electrons. The number of aromatic hydroxyl groups is 1. The summed E-state index contributed by atoms with van der Waals surface area (Å²) in [5.41, 5.74) is 0.516. The Morgan fingerprint density at radius 3 is 2.47 bits per heavy atom. The molecule has 1 unspecified atom stereocenters. The van der Waals surface area contributed by atoms with Crippen molar-refractivity contribution < 1.29 is 19.4 Å². The highest BCUT2D eigenvalue weighted by Gasteiger charge is 2.29. The van der Waals surface area contributed by atoms with Crippen LogP contribution in [0.4, 0.5) is 0 Å². The van der Waals surface area contributed by atoms with E-state index in [1.807, 2.05) is 74.5 Å². The van der Waals surface area contributed by atoms with Gasteiger partial charge in [-0.15, -0.1) is 0 Å². The van der Waals surface area contributed by atoms with Gasteiger partial charge in [-0.1, -0.05) is 64.5 Å². The van der Waals surface area contributed by atoms with E-state index in [2.05, 4.69) is 15.9 Å². The maximum absolute atomic E-state index is 13.9. The van der Waals surface area contributed by atoms with E-state index in [0.29, 0.717) is 28.2 Å². The van der Waals surface area contributed by atoms with E-state index in [4.69, 9.17) is 9.15 Å². The van der Waals surface area contributed by atoms with Gasteiger partial charge in [0, 0.05) is 21.7 Å². The van der Waals surface area contributed by atoms with Gasteiger partial charge in [-0.2, -0.15) is 0 Å². The molecular formula is C30H27BrO5. The number of phenolic OH excluding ortho intramolecular Hbond substituents is 1. The first kappa shape index (κ1) is 24.3. The molecule has 1 aliphatic heterocycles. The summed E-state index contributed by atoms with van der Waals surface area (Å²) in [6.07, 6.45) is 4.14. The summed E-state index contributed by atoms with van der Waals surface area (Å²) < 4.78 is 13.2. The van der Waals surface area contributed by atoms with Crippen molar-refractivity contribution >= 4 is 33.0 Å². The standard InChI is InChI=1S/C30H27BrO5/c1-29(2)15-13-20-23(36-29)17-24-25(26(20)32)27(33)21(28(35-24)19-11-7-8-12-22(19)31)14-16-30(3,34)18-9-5-4-6-10-18/h4-13,15,17,32,34H,14,16H2,1-3H3. The molecule has 6 heteroatoms. The second kappa shape index (κ2) is 8.95. The quantitative estimate of drug-likeness (QED) is 0.283. The number of ether oxygens (including phenoxy) is 1. The summed E-state index contributed by atoms with van der Waals surface area (Å²) in [6, 6.07) is 18.5. The Morgan fingerprint density at radius 2 is 1.75 bits per heavy atom. The van der Waals surface area contributed by atoms with E-state index in [1.165, 1.54) is 0 Å². The van der Waals surface area contributed by atoms with Crippen LogP contribution in [0, 0.1) is 0 Å².